The monoisotopic (exact) mass is 932 g/mol. The smallest absolute Gasteiger partial charge is 0.148 e. The normalized spacial score (nSPS) is 11.5. The molecule has 0 saturated carbocycles. The fourth-order valence-corrected chi connectivity index (χ4v) is 10.9. The van der Waals surface area contributed by atoms with Crippen molar-refractivity contribution in [1.82, 2.24) is 0 Å². The first kappa shape index (κ1) is 44.4. The van der Waals surface area contributed by atoms with Crippen LogP contribution in [0, 0.1) is 39.3 Å². The van der Waals surface area contributed by atoms with E-state index in [0.29, 0.717) is 11.4 Å². The van der Waals surface area contributed by atoms with Crippen LogP contribution in [0.3, 0.4) is 0 Å². The van der Waals surface area contributed by atoms with Gasteiger partial charge in [0.25, 0.3) is 0 Å². The Morgan fingerprint density at radius 1 is 0.306 bits per heavy atom. The van der Waals surface area contributed by atoms with Crippen LogP contribution in [-0.4, -0.2) is 0 Å². The Kier molecular flexibility index (Phi) is 11.2. The van der Waals surface area contributed by atoms with E-state index in [2.05, 4.69) is 159 Å². The highest BCUT2D eigenvalue weighted by atomic mass is 19.1. The second-order valence-corrected chi connectivity index (χ2v) is 18.9. The molecule has 72 heavy (non-hydrogen) atoms. The highest BCUT2D eigenvalue weighted by molar-refractivity contribution is 6.28. The van der Waals surface area contributed by atoms with E-state index >= 15 is 8.78 Å². The van der Waals surface area contributed by atoms with Gasteiger partial charge in [0.05, 0.1) is 22.7 Å². The van der Waals surface area contributed by atoms with Crippen molar-refractivity contribution >= 4 is 66.4 Å². The molecular formula is C68H50F2N2. The van der Waals surface area contributed by atoms with E-state index in [1.165, 1.54) is 0 Å². The number of aryl methyl sites for hydroxylation is 3. The number of anilines is 6. The van der Waals surface area contributed by atoms with Crippen LogP contribution in [0.4, 0.5) is 42.9 Å². The molecule has 0 radical (unpaired) electrons. The minimum Gasteiger partial charge on any atom is -0.306 e. The van der Waals surface area contributed by atoms with Crippen LogP contribution in [0.5, 0.6) is 0 Å². The van der Waals surface area contributed by atoms with Crippen molar-refractivity contribution in [3.05, 3.63) is 264 Å². The minimum absolute atomic E-state index is 0.331. The maximum absolute atomic E-state index is 17.9. The van der Waals surface area contributed by atoms with Gasteiger partial charge in [0, 0.05) is 33.3 Å². The van der Waals surface area contributed by atoms with Gasteiger partial charge in [-0.25, -0.2) is 8.78 Å². The Balaban J connectivity index is 1.15. The van der Waals surface area contributed by atoms with Gasteiger partial charge in [-0.1, -0.05) is 188 Å². The minimum atomic E-state index is -0.332. The summed E-state index contributed by atoms with van der Waals surface area (Å²) in [6, 6.07) is 77.9. The molecule has 0 bridgehead atoms. The van der Waals surface area contributed by atoms with Gasteiger partial charge < -0.3 is 9.80 Å². The van der Waals surface area contributed by atoms with E-state index < -0.39 is 0 Å². The van der Waals surface area contributed by atoms with Crippen molar-refractivity contribution in [3.63, 3.8) is 0 Å². The maximum atomic E-state index is 17.9. The SMILES string of the molecule is Cc1ccc(N(c2c(F)cc(-c3ccccc3)cc2-c2ccccc2)c2ccc3ccc4c(N(c5cccc(C)c5C)c5c(F)cc(-c6ccccc6)cc5-c5ccccc5)ccc5ccc2c3c54)c(C)c1. The fourth-order valence-electron chi connectivity index (χ4n) is 10.9. The average Bonchev–Trinajstić information content (AvgIpc) is 3.42. The van der Waals surface area contributed by atoms with Crippen LogP contribution in [0.1, 0.15) is 22.3 Å². The zero-order valence-corrected chi connectivity index (χ0v) is 40.6. The van der Waals surface area contributed by atoms with Gasteiger partial charge >= 0.3 is 0 Å². The lowest BCUT2D eigenvalue weighted by Crippen LogP contribution is -2.16. The Morgan fingerprint density at radius 2 is 0.722 bits per heavy atom. The van der Waals surface area contributed by atoms with E-state index in [1.807, 2.05) is 97.1 Å². The first-order valence-corrected chi connectivity index (χ1v) is 24.5. The van der Waals surface area contributed by atoms with Crippen LogP contribution in [0.25, 0.3) is 76.8 Å². The summed E-state index contributed by atoms with van der Waals surface area (Å²) in [7, 11) is 0. The molecule has 0 aliphatic carbocycles. The molecule has 0 N–H and O–H groups in total. The number of hydrogen-bond donors (Lipinski definition) is 0. The molecule has 12 aromatic carbocycles. The summed E-state index contributed by atoms with van der Waals surface area (Å²) in [5.74, 6) is -0.662. The van der Waals surface area contributed by atoms with Crippen molar-refractivity contribution in [3.8, 4) is 44.5 Å². The van der Waals surface area contributed by atoms with Crippen molar-refractivity contribution in [1.29, 1.82) is 0 Å². The summed E-state index contributed by atoms with van der Waals surface area (Å²) in [4.78, 5) is 4.27. The summed E-state index contributed by atoms with van der Waals surface area (Å²) in [6.45, 7) is 8.42. The van der Waals surface area contributed by atoms with E-state index in [9.17, 15) is 0 Å². The molecule has 0 heterocycles. The zero-order valence-electron chi connectivity index (χ0n) is 40.6. The van der Waals surface area contributed by atoms with Crippen LogP contribution < -0.4 is 9.80 Å². The number of hydrogen-bond acceptors (Lipinski definition) is 2. The lowest BCUT2D eigenvalue weighted by atomic mass is 9.90. The molecule has 0 amide bonds. The second kappa shape index (κ2) is 18.1. The molecule has 4 heteroatoms. The Morgan fingerprint density at radius 3 is 1.18 bits per heavy atom. The van der Waals surface area contributed by atoms with E-state index in [4.69, 9.17) is 0 Å². The second-order valence-electron chi connectivity index (χ2n) is 18.9. The number of benzene rings is 12. The summed E-state index contributed by atoms with van der Waals surface area (Å²) in [5, 5.41) is 6.13. The van der Waals surface area contributed by atoms with Crippen molar-refractivity contribution in [2.24, 2.45) is 0 Å². The standard InChI is InChI=1S/C68H50F2N2/c1-43-28-35-61(45(3)38-43)71(67-57(49-23-13-7-14-24-49)39-53(41-59(67)69)47-19-9-5-10-20-47)63-36-31-51-30-34-56-64(37-32-52-29-33-55(63)65(51)66(52)56)72(62-27-17-18-44(2)46(62)4)68-58(50-25-15-8-16-26-50)40-54(42-60(68)70)48-21-11-6-12-22-48/h5-42H,1-4H3. The van der Waals surface area contributed by atoms with Gasteiger partial charge in [0.15, 0.2) is 0 Å². The molecular weight excluding hydrogens is 883 g/mol. The Hall–Kier alpha value is -8.86. The maximum Gasteiger partial charge on any atom is 0.148 e. The first-order valence-electron chi connectivity index (χ1n) is 24.5. The summed E-state index contributed by atoms with van der Waals surface area (Å²) >= 11 is 0. The quantitative estimate of drug-likeness (QED) is 0.126. The van der Waals surface area contributed by atoms with Gasteiger partial charge in [-0.05, 0) is 148 Å². The fraction of sp³-hybridized carbons (Fsp3) is 0.0588. The zero-order chi connectivity index (χ0) is 49.0. The number of nitrogens with zero attached hydrogens (tertiary/aromatic N) is 2. The topological polar surface area (TPSA) is 6.48 Å². The Bertz CT molecular complexity index is 3980. The van der Waals surface area contributed by atoms with Gasteiger partial charge in [-0.15, -0.1) is 0 Å². The summed E-state index contributed by atoms with van der Waals surface area (Å²) in [5.41, 5.74) is 15.5. The third-order valence-corrected chi connectivity index (χ3v) is 14.5. The summed E-state index contributed by atoms with van der Waals surface area (Å²) in [6.07, 6.45) is 0. The van der Waals surface area contributed by atoms with Crippen LogP contribution in [-0.2, 0) is 0 Å². The molecule has 0 spiro atoms. The van der Waals surface area contributed by atoms with Crippen molar-refractivity contribution < 1.29 is 8.78 Å². The predicted octanol–water partition coefficient (Wildman–Crippen LogP) is 19.7. The first-order chi connectivity index (χ1) is 35.2. The molecule has 2 nitrogen and oxygen atoms in total. The van der Waals surface area contributed by atoms with Crippen LogP contribution in [0.15, 0.2) is 231 Å². The number of rotatable bonds is 10. The van der Waals surface area contributed by atoms with E-state index in [1.54, 1.807) is 12.1 Å². The van der Waals surface area contributed by atoms with E-state index in [-0.39, 0.29) is 11.6 Å². The molecule has 0 fully saturated rings. The lowest BCUT2D eigenvalue weighted by molar-refractivity contribution is 0.629. The highest BCUT2D eigenvalue weighted by Crippen LogP contribution is 2.52. The molecule has 0 saturated heterocycles. The number of halogens is 2. The van der Waals surface area contributed by atoms with Crippen LogP contribution >= 0.6 is 0 Å². The third-order valence-electron chi connectivity index (χ3n) is 14.5. The van der Waals surface area contributed by atoms with Crippen molar-refractivity contribution in [2.45, 2.75) is 27.7 Å². The van der Waals surface area contributed by atoms with E-state index in [0.717, 1.165) is 122 Å². The molecule has 0 unspecified atom stereocenters. The van der Waals surface area contributed by atoms with Gasteiger partial charge in [-0.3, -0.25) is 0 Å². The average molecular weight is 933 g/mol. The Labute approximate surface area is 419 Å². The molecule has 0 aromatic heterocycles. The van der Waals surface area contributed by atoms with Crippen molar-refractivity contribution in [2.75, 3.05) is 9.80 Å². The third kappa shape index (κ3) is 7.64. The molecule has 0 atom stereocenters. The van der Waals surface area contributed by atoms with Gasteiger partial charge in [0.2, 0.25) is 0 Å². The largest absolute Gasteiger partial charge is 0.306 e. The predicted molar refractivity (Wildman–Crippen MR) is 300 cm³/mol. The van der Waals surface area contributed by atoms with Gasteiger partial charge in [-0.2, -0.15) is 0 Å². The molecule has 0 aliphatic rings. The summed E-state index contributed by atoms with van der Waals surface area (Å²) < 4.78 is 35.8. The molecule has 12 aromatic rings. The lowest BCUT2D eigenvalue weighted by Gasteiger charge is -2.33. The molecule has 346 valence electrons. The van der Waals surface area contributed by atoms with Crippen LogP contribution in [0.2, 0.25) is 0 Å². The van der Waals surface area contributed by atoms with Gasteiger partial charge in [0.1, 0.15) is 11.6 Å². The highest BCUT2D eigenvalue weighted by Gasteiger charge is 2.29. The molecule has 12 rings (SSSR count). The molecule has 0 aliphatic heterocycles.